The van der Waals surface area contributed by atoms with Crippen LogP contribution < -0.4 is 5.46 Å². The van der Waals surface area contributed by atoms with E-state index in [0.29, 0.717) is 5.56 Å². The van der Waals surface area contributed by atoms with E-state index in [-0.39, 0.29) is 17.0 Å². The van der Waals surface area contributed by atoms with Gasteiger partial charge in [-0.05, 0) is 37.4 Å². The van der Waals surface area contributed by atoms with Gasteiger partial charge in [-0.15, -0.1) is 0 Å². The first-order valence-electron chi connectivity index (χ1n) is 3.74. The molecule has 1 aromatic rings. The third-order valence-electron chi connectivity index (χ3n) is 2.36. The molecule has 12 heavy (non-hydrogen) atoms. The van der Waals surface area contributed by atoms with Crippen molar-refractivity contribution >= 4 is 13.3 Å². The SMILES string of the molecule is [B]c1c(C)c(C)c(C)c(O)c1O. The van der Waals surface area contributed by atoms with E-state index in [1.54, 1.807) is 6.92 Å². The molecular weight excluding hydrogens is 151 g/mol. The predicted octanol–water partition coefficient (Wildman–Crippen LogP) is 0.817. The number of hydrogen-bond donors (Lipinski definition) is 2. The molecule has 2 radical (unpaired) electrons. The lowest BCUT2D eigenvalue weighted by Gasteiger charge is -2.12. The second kappa shape index (κ2) is 2.74. The molecule has 0 saturated carbocycles. The average molecular weight is 162 g/mol. The van der Waals surface area contributed by atoms with Crippen LogP contribution >= 0.6 is 0 Å². The van der Waals surface area contributed by atoms with Gasteiger partial charge in [0.05, 0.1) is 0 Å². The number of hydrogen-bond acceptors (Lipinski definition) is 2. The highest BCUT2D eigenvalue weighted by Gasteiger charge is 2.11. The lowest BCUT2D eigenvalue weighted by molar-refractivity contribution is 0.403. The van der Waals surface area contributed by atoms with E-state index in [0.717, 1.165) is 11.1 Å². The highest BCUT2D eigenvalue weighted by atomic mass is 16.3. The van der Waals surface area contributed by atoms with Gasteiger partial charge in [-0.2, -0.15) is 0 Å². The zero-order valence-corrected chi connectivity index (χ0v) is 7.47. The summed E-state index contributed by atoms with van der Waals surface area (Å²) >= 11 is 0. The Labute approximate surface area is 73.3 Å². The van der Waals surface area contributed by atoms with Gasteiger partial charge in [-0.25, -0.2) is 0 Å². The first kappa shape index (κ1) is 8.98. The van der Waals surface area contributed by atoms with Crippen molar-refractivity contribution in [2.24, 2.45) is 0 Å². The van der Waals surface area contributed by atoms with Crippen LogP contribution in [0.3, 0.4) is 0 Å². The highest BCUT2D eigenvalue weighted by Crippen LogP contribution is 2.30. The summed E-state index contributed by atoms with van der Waals surface area (Å²) < 4.78 is 0. The molecule has 0 amide bonds. The van der Waals surface area contributed by atoms with Gasteiger partial charge in [0.1, 0.15) is 7.85 Å². The van der Waals surface area contributed by atoms with Crippen molar-refractivity contribution < 1.29 is 10.2 Å². The summed E-state index contributed by atoms with van der Waals surface area (Å²) in [6.07, 6.45) is 0. The van der Waals surface area contributed by atoms with Gasteiger partial charge in [-0.3, -0.25) is 0 Å². The Kier molecular flexibility index (Phi) is 2.05. The van der Waals surface area contributed by atoms with Gasteiger partial charge < -0.3 is 10.2 Å². The predicted molar refractivity (Wildman–Crippen MR) is 49.4 cm³/mol. The minimum absolute atomic E-state index is 0.115. The van der Waals surface area contributed by atoms with Gasteiger partial charge in [0.2, 0.25) is 0 Å². The Bertz CT molecular complexity index is 227. The average Bonchev–Trinajstić information content (AvgIpc) is 2.08. The summed E-state index contributed by atoms with van der Waals surface area (Å²) in [5.74, 6) is -0.328. The summed E-state index contributed by atoms with van der Waals surface area (Å²) in [5, 5.41) is 18.7. The van der Waals surface area contributed by atoms with Gasteiger partial charge in [0.25, 0.3) is 0 Å². The normalized spacial score (nSPS) is 10.2. The van der Waals surface area contributed by atoms with Crippen molar-refractivity contribution in [3.8, 4) is 11.5 Å². The topological polar surface area (TPSA) is 40.5 Å². The molecule has 0 bridgehead atoms. The van der Waals surface area contributed by atoms with Crippen molar-refractivity contribution in [2.45, 2.75) is 20.8 Å². The molecule has 0 aromatic heterocycles. The molecule has 0 spiro atoms. The Morgan fingerprint density at radius 3 is 1.83 bits per heavy atom. The Balaban J connectivity index is 3.60. The fourth-order valence-corrected chi connectivity index (χ4v) is 1.14. The minimum atomic E-state index is -0.212. The van der Waals surface area contributed by atoms with Crippen LogP contribution in [0.5, 0.6) is 11.5 Å². The monoisotopic (exact) mass is 162 g/mol. The first-order chi connectivity index (χ1) is 5.46. The molecule has 0 heterocycles. The summed E-state index contributed by atoms with van der Waals surface area (Å²) in [5.41, 5.74) is 2.68. The fourth-order valence-electron chi connectivity index (χ4n) is 1.14. The molecule has 0 fully saturated rings. The third-order valence-corrected chi connectivity index (χ3v) is 2.36. The van der Waals surface area contributed by atoms with E-state index >= 15 is 0 Å². The smallest absolute Gasteiger partial charge is 0.160 e. The second-order valence-electron chi connectivity index (χ2n) is 2.99. The van der Waals surface area contributed by atoms with Crippen molar-refractivity contribution in [3.05, 3.63) is 16.7 Å². The van der Waals surface area contributed by atoms with Crippen LogP contribution in [0.15, 0.2) is 0 Å². The summed E-state index contributed by atoms with van der Waals surface area (Å²) in [7, 11) is 5.54. The van der Waals surface area contributed by atoms with Crippen molar-refractivity contribution in [1.82, 2.24) is 0 Å². The van der Waals surface area contributed by atoms with Crippen LogP contribution in [0.25, 0.3) is 0 Å². The summed E-state index contributed by atoms with van der Waals surface area (Å²) in [6, 6.07) is 0. The molecule has 3 heteroatoms. The number of rotatable bonds is 0. The molecule has 0 atom stereocenters. The lowest BCUT2D eigenvalue weighted by Crippen LogP contribution is -2.11. The molecule has 1 aromatic carbocycles. The maximum Gasteiger partial charge on any atom is 0.160 e. The molecule has 62 valence electrons. The fraction of sp³-hybridized carbons (Fsp3) is 0.333. The van der Waals surface area contributed by atoms with E-state index in [9.17, 15) is 10.2 Å². The van der Waals surface area contributed by atoms with Crippen molar-refractivity contribution in [1.29, 1.82) is 0 Å². The van der Waals surface area contributed by atoms with Crippen LogP contribution in [0, 0.1) is 20.8 Å². The van der Waals surface area contributed by atoms with E-state index in [1.165, 1.54) is 0 Å². The maximum atomic E-state index is 9.36. The zero-order chi connectivity index (χ0) is 9.46. The standard InChI is InChI=1S/C9H11BO2/c1-4-5(2)7(10)9(12)8(11)6(4)3/h11-12H,1-3H3. The Morgan fingerprint density at radius 2 is 1.33 bits per heavy atom. The second-order valence-corrected chi connectivity index (χ2v) is 2.99. The van der Waals surface area contributed by atoms with Gasteiger partial charge in [-0.1, -0.05) is 5.56 Å². The van der Waals surface area contributed by atoms with Gasteiger partial charge in [0.15, 0.2) is 11.5 Å². The summed E-state index contributed by atoms with van der Waals surface area (Å²) in [6.45, 7) is 5.42. The van der Waals surface area contributed by atoms with Gasteiger partial charge in [0, 0.05) is 0 Å². The largest absolute Gasteiger partial charge is 0.505 e. The Morgan fingerprint density at radius 1 is 0.833 bits per heavy atom. The van der Waals surface area contributed by atoms with Crippen molar-refractivity contribution in [3.63, 3.8) is 0 Å². The molecule has 0 aliphatic heterocycles. The van der Waals surface area contributed by atoms with Gasteiger partial charge >= 0.3 is 0 Å². The molecular formula is C9H11BO2. The van der Waals surface area contributed by atoms with Crippen LogP contribution in [0.1, 0.15) is 16.7 Å². The molecule has 1 rings (SSSR count). The van der Waals surface area contributed by atoms with Crippen molar-refractivity contribution in [2.75, 3.05) is 0 Å². The molecule has 0 aliphatic rings. The van der Waals surface area contributed by atoms with Crippen LogP contribution in [0.4, 0.5) is 0 Å². The van der Waals surface area contributed by atoms with E-state index in [1.807, 2.05) is 13.8 Å². The first-order valence-corrected chi connectivity index (χ1v) is 3.74. The minimum Gasteiger partial charge on any atom is -0.505 e. The van der Waals surface area contributed by atoms with Crippen LogP contribution in [-0.4, -0.2) is 18.1 Å². The number of phenolic OH excluding ortho intramolecular Hbond substituents is 2. The van der Waals surface area contributed by atoms with E-state index in [2.05, 4.69) is 0 Å². The molecule has 2 N–H and O–H groups in total. The van der Waals surface area contributed by atoms with E-state index in [4.69, 9.17) is 7.85 Å². The quantitative estimate of drug-likeness (QED) is 0.437. The van der Waals surface area contributed by atoms with Crippen LogP contribution in [-0.2, 0) is 0 Å². The third kappa shape index (κ3) is 1.05. The van der Waals surface area contributed by atoms with Crippen LogP contribution in [0.2, 0.25) is 0 Å². The van der Waals surface area contributed by atoms with E-state index < -0.39 is 0 Å². The molecule has 2 nitrogen and oxygen atoms in total. The number of benzene rings is 1. The number of aromatic hydroxyl groups is 2. The highest BCUT2D eigenvalue weighted by molar-refractivity contribution is 6.35. The number of phenols is 2. The summed E-state index contributed by atoms with van der Waals surface area (Å²) in [4.78, 5) is 0. The molecule has 0 unspecified atom stereocenters. The maximum absolute atomic E-state index is 9.36. The molecule has 0 saturated heterocycles. The molecule has 0 aliphatic carbocycles. The zero-order valence-electron chi connectivity index (χ0n) is 7.47. The lowest BCUT2D eigenvalue weighted by atomic mass is 9.85. The Hall–Kier alpha value is -1.12.